The Morgan fingerprint density at radius 3 is 2.55 bits per heavy atom. The number of ether oxygens (including phenoxy) is 1. The van der Waals surface area contributed by atoms with E-state index in [9.17, 15) is 22.0 Å². The van der Waals surface area contributed by atoms with Crippen LogP contribution in [0, 0.1) is 16.7 Å². The third-order valence-corrected chi connectivity index (χ3v) is 8.88. The van der Waals surface area contributed by atoms with Crippen molar-refractivity contribution in [1.29, 1.82) is 10.8 Å². The predicted octanol–water partition coefficient (Wildman–Crippen LogP) is 2.64. The highest BCUT2D eigenvalue weighted by atomic mass is 32.2. The lowest BCUT2D eigenvalue weighted by atomic mass is 10.0. The first-order valence-electron chi connectivity index (χ1n) is 12.0. The maximum atomic E-state index is 13.4. The average molecular weight is 574 g/mol. The van der Waals surface area contributed by atoms with Crippen LogP contribution < -0.4 is 9.62 Å². The van der Waals surface area contributed by atoms with Crippen LogP contribution in [0.4, 0.5) is 14.5 Å². The van der Waals surface area contributed by atoms with E-state index in [0.29, 0.717) is 30.8 Å². The number of sulfonamides is 1. The fourth-order valence-corrected chi connectivity index (χ4v) is 6.46. The second-order valence-corrected chi connectivity index (χ2v) is 12.9. The van der Waals surface area contributed by atoms with Crippen LogP contribution in [0.25, 0.3) is 5.52 Å². The maximum absolute atomic E-state index is 13.4. The Kier molecular flexibility index (Phi) is 7.85. The van der Waals surface area contributed by atoms with Gasteiger partial charge in [0, 0.05) is 39.2 Å². The number of rotatable bonds is 7. The molecule has 11 nitrogen and oxygen atoms in total. The zero-order valence-corrected chi connectivity index (χ0v) is 23.1. The molecular formula is C23H33F2N7O4S2. The zero-order chi connectivity index (χ0) is 28.0. The third-order valence-electron chi connectivity index (χ3n) is 6.49. The monoisotopic (exact) mass is 573 g/mol. The number of thioether (sulfide) groups is 1. The topological polar surface area (TPSA) is 144 Å². The summed E-state index contributed by atoms with van der Waals surface area (Å²) in [5, 5.41) is 14.3. The van der Waals surface area contributed by atoms with Gasteiger partial charge in [-0.2, -0.15) is 0 Å². The van der Waals surface area contributed by atoms with Gasteiger partial charge in [-0.3, -0.25) is 20.0 Å². The van der Waals surface area contributed by atoms with E-state index in [2.05, 4.69) is 9.71 Å². The third kappa shape index (κ3) is 5.55. The van der Waals surface area contributed by atoms with Crippen molar-refractivity contribution >= 4 is 49.0 Å². The molecule has 1 amide bonds. The van der Waals surface area contributed by atoms with Gasteiger partial charge >= 0.3 is 0 Å². The molecule has 0 radical (unpaired) electrons. The Morgan fingerprint density at radius 1 is 1.32 bits per heavy atom. The van der Waals surface area contributed by atoms with E-state index in [1.807, 2.05) is 30.6 Å². The number of halogens is 2. The number of anilines is 1. The average Bonchev–Trinajstić information content (AvgIpc) is 3.26. The van der Waals surface area contributed by atoms with Crippen LogP contribution in [0.3, 0.4) is 0 Å². The van der Waals surface area contributed by atoms with Gasteiger partial charge < -0.3 is 14.5 Å². The number of alkyl halides is 2. The Morgan fingerprint density at radius 2 is 2.00 bits per heavy atom. The molecule has 1 atom stereocenters. The lowest BCUT2D eigenvalue weighted by Crippen LogP contribution is -2.59. The van der Waals surface area contributed by atoms with Crippen molar-refractivity contribution in [2.45, 2.75) is 50.6 Å². The van der Waals surface area contributed by atoms with E-state index < -0.39 is 32.1 Å². The second kappa shape index (κ2) is 10.5. The van der Waals surface area contributed by atoms with E-state index in [-0.39, 0.29) is 55.0 Å². The van der Waals surface area contributed by atoms with Crippen LogP contribution >= 0.6 is 11.8 Å². The number of nitrogens with one attached hydrogen (secondary N) is 3. The van der Waals surface area contributed by atoms with Crippen LogP contribution in [0.15, 0.2) is 23.4 Å². The molecule has 0 bridgehead atoms. The van der Waals surface area contributed by atoms with Crippen molar-refractivity contribution in [3.8, 4) is 0 Å². The first kappa shape index (κ1) is 28.4. The molecule has 2 aliphatic heterocycles. The van der Waals surface area contributed by atoms with Crippen molar-refractivity contribution in [2.24, 2.45) is 5.92 Å². The fourth-order valence-electron chi connectivity index (χ4n) is 4.51. The normalized spacial score (nSPS) is 19.7. The van der Waals surface area contributed by atoms with Crippen molar-refractivity contribution in [3.63, 3.8) is 0 Å². The molecule has 15 heteroatoms. The molecule has 4 rings (SSSR count). The minimum Gasteiger partial charge on any atom is -0.377 e. The van der Waals surface area contributed by atoms with Gasteiger partial charge in [0.05, 0.1) is 36.2 Å². The van der Waals surface area contributed by atoms with Gasteiger partial charge in [0.2, 0.25) is 15.9 Å². The number of carbonyl (C=O) groups is 1. The number of hydrogen-bond donors (Lipinski definition) is 3. The summed E-state index contributed by atoms with van der Waals surface area (Å²) in [7, 11) is -4.05. The van der Waals surface area contributed by atoms with Gasteiger partial charge in [-0.15, -0.1) is 0 Å². The summed E-state index contributed by atoms with van der Waals surface area (Å²) in [4.78, 5) is 20.5. The quantitative estimate of drug-likeness (QED) is 0.341. The smallest absolute Gasteiger partial charge is 0.285 e. The summed E-state index contributed by atoms with van der Waals surface area (Å²) in [5.74, 6) is -0.175. The number of amides is 1. The van der Waals surface area contributed by atoms with E-state index in [0.717, 1.165) is 0 Å². The van der Waals surface area contributed by atoms with Crippen molar-refractivity contribution in [3.05, 3.63) is 24.3 Å². The lowest BCUT2D eigenvalue weighted by Gasteiger charge is -2.42. The Bertz CT molecular complexity index is 1380. The largest absolute Gasteiger partial charge is 0.377 e. The number of fused-ring (bicyclic) bond motifs is 1. The van der Waals surface area contributed by atoms with Gasteiger partial charge in [-0.25, -0.2) is 26.9 Å². The van der Waals surface area contributed by atoms with Crippen LogP contribution in [-0.4, -0.2) is 89.6 Å². The van der Waals surface area contributed by atoms with Crippen LogP contribution in [0.1, 0.15) is 34.9 Å². The van der Waals surface area contributed by atoms with E-state index in [1.165, 1.54) is 22.9 Å². The Hall–Kier alpha value is -2.62. The Labute approximate surface area is 225 Å². The number of piperazine rings is 1. The molecule has 4 heterocycles. The summed E-state index contributed by atoms with van der Waals surface area (Å²) < 4.78 is 61.9. The van der Waals surface area contributed by atoms with E-state index in [4.69, 9.17) is 15.6 Å². The number of hydrogen-bond acceptors (Lipinski definition) is 9. The molecule has 2 aromatic heterocycles. The predicted molar refractivity (Wildman–Crippen MR) is 143 cm³/mol. The summed E-state index contributed by atoms with van der Waals surface area (Å²) in [5.41, 5.74) is 0.228. The van der Waals surface area contributed by atoms with Gasteiger partial charge in [-0.1, -0.05) is 13.8 Å². The number of aromatic nitrogens is 2. The van der Waals surface area contributed by atoms with Crippen LogP contribution in [0.5, 0.6) is 0 Å². The molecule has 2 fully saturated rings. The SMILES string of the molecule is CC(C)C(=O)N1CCN(c2cc(S(=O)(=O)NC3(C)COC3)cn3c(C(=N)SC(=N)C(F)F)ncc23)C[C@H]1C.[HH]. The van der Waals surface area contributed by atoms with Crippen molar-refractivity contribution in [1.82, 2.24) is 19.0 Å². The maximum Gasteiger partial charge on any atom is 0.285 e. The molecule has 2 aromatic rings. The minimum atomic E-state index is -4.05. The molecule has 210 valence electrons. The van der Waals surface area contributed by atoms with E-state index in [1.54, 1.807) is 6.92 Å². The molecule has 0 unspecified atom stereocenters. The minimum absolute atomic E-state index is 0. The molecular weight excluding hydrogens is 540 g/mol. The number of nitrogens with zero attached hydrogens (tertiary/aromatic N) is 4. The molecule has 0 aliphatic carbocycles. The summed E-state index contributed by atoms with van der Waals surface area (Å²) in [6, 6.07) is 1.38. The molecule has 38 heavy (non-hydrogen) atoms. The summed E-state index contributed by atoms with van der Waals surface area (Å²) in [6.07, 6.45) is -0.290. The summed E-state index contributed by atoms with van der Waals surface area (Å²) in [6.45, 7) is 9.08. The van der Waals surface area contributed by atoms with Gasteiger partial charge in [-0.05, 0) is 31.7 Å². The zero-order valence-electron chi connectivity index (χ0n) is 21.5. The molecule has 0 spiro atoms. The molecule has 0 aromatic carbocycles. The number of carbonyl (C=O) groups excluding carboxylic acids is 1. The van der Waals surface area contributed by atoms with E-state index >= 15 is 0 Å². The molecule has 2 saturated heterocycles. The second-order valence-electron chi connectivity index (χ2n) is 10.1. The van der Waals surface area contributed by atoms with Crippen molar-refractivity contribution in [2.75, 3.05) is 37.7 Å². The van der Waals surface area contributed by atoms with Crippen molar-refractivity contribution < 1.29 is 28.2 Å². The first-order valence-corrected chi connectivity index (χ1v) is 14.3. The number of pyridine rings is 1. The highest BCUT2D eigenvalue weighted by Crippen LogP contribution is 2.31. The number of imidazole rings is 1. The first-order chi connectivity index (χ1) is 17.7. The van der Waals surface area contributed by atoms with Gasteiger partial charge in [0.1, 0.15) is 15.0 Å². The van der Waals surface area contributed by atoms with Gasteiger partial charge in [0.25, 0.3) is 6.43 Å². The molecule has 0 saturated carbocycles. The molecule has 2 aliphatic rings. The highest BCUT2D eigenvalue weighted by molar-refractivity contribution is 8.26. The summed E-state index contributed by atoms with van der Waals surface area (Å²) >= 11 is 0.258. The van der Waals surface area contributed by atoms with Crippen LogP contribution in [0.2, 0.25) is 0 Å². The standard InChI is InChI=1S/C23H31F2N7O4S2.H2/c1-13(2)22(33)31-6-5-30(9-14(31)3)16-7-15(38(34,35)29-23(4)11-36-12-23)10-32-17(16)8-28-21(32)20(27)37-19(26)18(24)25;/h7-8,10,13-14,18,26-27,29H,5-6,9,11-12H2,1-4H3;1H/t14-;/m1./s1. The van der Waals surface area contributed by atoms with Gasteiger partial charge in [0.15, 0.2) is 5.82 Å². The fraction of sp³-hybridized carbons (Fsp3) is 0.565. The Balaban J connectivity index is 0.00000420. The van der Waals surface area contributed by atoms with Crippen LogP contribution in [-0.2, 0) is 19.6 Å². The lowest BCUT2D eigenvalue weighted by molar-refractivity contribution is -0.136. The molecule has 3 N–H and O–H groups in total. The highest BCUT2D eigenvalue weighted by Gasteiger charge is 2.38.